The molecule has 0 aliphatic carbocycles. The molecule has 1 saturated heterocycles. The molecule has 0 bridgehead atoms. The molecule has 2 aromatic heterocycles. The summed E-state index contributed by atoms with van der Waals surface area (Å²) in [5.74, 6) is 0.0566. The third-order valence-electron chi connectivity index (χ3n) is 5.14. The van der Waals surface area contributed by atoms with E-state index >= 15 is 0 Å². The highest BCUT2D eigenvalue weighted by Gasteiger charge is 2.33. The minimum absolute atomic E-state index is 0.0451. The fourth-order valence-corrected chi connectivity index (χ4v) is 6.55. The Balaban J connectivity index is 1.61. The molecular formula is C19H20ClN3O3S2. The molecule has 1 atom stereocenters. The van der Waals surface area contributed by atoms with Crippen molar-refractivity contribution in [2.75, 3.05) is 18.6 Å². The number of carbonyl (C=O) groups excluding carboxylic acids is 1. The molecule has 1 aromatic carbocycles. The summed E-state index contributed by atoms with van der Waals surface area (Å²) in [4.78, 5) is 16.0. The van der Waals surface area contributed by atoms with Crippen LogP contribution < -0.4 is 0 Å². The first-order valence-electron chi connectivity index (χ1n) is 8.92. The molecule has 9 heteroatoms. The maximum absolute atomic E-state index is 12.9. The number of aromatic nitrogens is 2. The molecule has 3 heterocycles. The van der Waals surface area contributed by atoms with Gasteiger partial charge in [-0.3, -0.25) is 9.48 Å². The quantitative estimate of drug-likeness (QED) is 0.627. The van der Waals surface area contributed by atoms with Crippen LogP contribution in [0.15, 0.2) is 30.3 Å². The Morgan fingerprint density at radius 3 is 2.71 bits per heavy atom. The van der Waals surface area contributed by atoms with Crippen molar-refractivity contribution >= 4 is 48.9 Å². The summed E-state index contributed by atoms with van der Waals surface area (Å²) in [7, 11) is -1.35. The van der Waals surface area contributed by atoms with Crippen molar-refractivity contribution in [1.29, 1.82) is 0 Å². The highest BCUT2D eigenvalue weighted by Crippen LogP contribution is 2.30. The zero-order valence-corrected chi connectivity index (χ0v) is 17.9. The first kappa shape index (κ1) is 19.4. The molecule has 0 spiro atoms. The van der Waals surface area contributed by atoms with Gasteiger partial charge in [-0.1, -0.05) is 23.7 Å². The van der Waals surface area contributed by atoms with Crippen LogP contribution in [0.2, 0.25) is 5.02 Å². The summed E-state index contributed by atoms with van der Waals surface area (Å²) in [5, 5.41) is 6.24. The number of aryl methyl sites for hydroxylation is 1. The van der Waals surface area contributed by atoms with Crippen molar-refractivity contribution in [1.82, 2.24) is 14.7 Å². The van der Waals surface area contributed by atoms with E-state index in [1.807, 2.05) is 41.9 Å². The van der Waals surface area contributed by atoms with Gasteiger partial charge in [0.25, 0.3) is 5.91 Å². The summed E-state index contributed by atoms with van der Waals surface area (Å²) < 4.78 is 25.4. The second kappa shape index (κ2) is 7.17. The molecule has 1 aliphatic heterocycles. The number of rotatable bonds is 4. The van der Waals surface area contributed by atoms with Crippen LogP contribution in [0.25, 0.3) is 10.2 Å². The van der Waals surface area contributed by atoms with E-state index in [-0.39, 0.29) is 23.5 Å². The summed E-state index contributed by atoms with van der Waals surface area (Å²) >= 11 is 7.35. The van der Waals surface area contributed by atoms with E-state index in [9.17, 15) is 13.2 Å². The van der Waals surface area contributed by atoms with E-state index in [1.165, 1.54) is 11.3 Å². The molecule has 1 fully saturated rings. The van der Waals surface area contributed by atoms with E-state index in [2.05, 4.69) is 5.10 Å². The van der Waals surface area contributed by atoms with Gasteiger partial charge in [0.15, 0.2) is 9.84 Å². The molecule has 6 nitrogen and oxygen atoms in total. The zero-order chi connectivity index (χ0) is 20.1. The average molecular weight is 438 g/mol. The number of sulfone groups is 1. The Labute approximate surface area is 172 Å². The lowest BCUT2D eigenvalue weighted by atomic mass is 10.2. The molecule has 3 aromatic rings. The normalized spacial score (nSPS) is 18.6. The van der Waals surface area contributed by atoms with Gasteiger partial charge >= 0.3 is 0 Å². The number of carbonyl (C=O) groups is 1. The minimum Gasteiger partial charge on any atom is -0.337 e. The third kappa shape index (κ3) is 3.68. The van der Waals surface area contributed by atoms with Crippen LogP contribution in [-0.2, 0) is 16.4 Å². The minimum atomic E-state index is -3.04. The van der Waals surface area contributed by atoms with Gasteiger partial charge < -0.3 is 4.90 Å². The van der Waals surface area contributed by atoms with Crippen molar-refractivity contribution in [3.8, 4) is 0 Å². The number of nitrogens with zero attached hydrogens (tertiary/aromatic N) is 3. The van der Waals surface area contributed by atoms with Gasteiger partial charge in [-0.25, -0.2) is 8.42 Å². The van der Waals surface area contributed by atoms with E-state index in [0.717, 1.165) is 21.5 Å². The fraction of sp³-hybridized carbons (Fsp3) is 0.368. The smallest absolute Gasteiger partial charge is 0.264 e. The maximum Gasteiger partial charge on any atom is 0.264 e. The lowest BCUT2D eigenvalue weighted by Gasteiger charge is -2.22. The summed E-state index contributed by atoms with van der Waals surface area (Å²) in [5.41, 5.74) is 1.94. The molecule has 0 saturated carbocycles. The van der Waals surface area contributed by atoms with Crippen LogP contribution in [0.4, 0.5) is 0 Å². The molecule has 28 heavy (non-hydrogen) atoms. The van der Waals surface area contributed by atoms with Crippen LogP contribution in [0.5, 0.6) is 0 Å². The lowest BCUT2D eigenvalue weighted by molar-refractivity contribution is 0.0752. The largest absolute Gasteiger partial charge is 0.337 e. The molecular weight excluding hydrogens is 418 g/mol. The number of hydrogen-bond acceptors (Lipinski definition) is 5. The van der Waals surface area contributed by atoms with E-state index in [0.29, 0.717) is 22.9 Å². The van der Waals surface area contributed by atoms with E-state index in [1.54, 1.807) is 11.9 Å². The van der Waals surface area contributed by atoms with Crippen molar-refractivity contribution in [2.45, 2.75) is 25.9 Å². The fourth-order valence-electron chi connectivity index (χ4n) is 3.51. The Hall–Kier alpha value is -1.90. The predicted molar refractivity (Wildman–Crippen MR) is 112 cm³/mol. The van der Waals surface area contributed by atoms with E-state index in [4.69, 9.17) is 11.6 Å². The van der Waals surface area contributed by atoms with Crippen LogP contribution in [-0.4, -0.2) is 53.6 Å². The van der Waals surface area contributed by atoms with E-state index < -0.39 is 9.84 Å². The highest BCUT2D eigenvalue weighted by atomic mass is 35.5. The second-order valence-electron chi connectivity index (χ2n) is 7.17. The molecule has 1 aliphatic rings. The Bertz CT molecular complexity index is 1150. The zero-order valence-electron chi connectivity index (χ0n) is 15.6. The van der Waals surface area contributed by atoms with Crippen LogP contribution in [0.3, 0.4) is 0 Å². The number of hydrogen-bond donors (Lipinski definition) is 0. The number of fused-ring (bicyclic) bond motifs is 1. The molecule has 148 valence electrons. The van der Waals surface area contributed by atoms with Crippen molar-refractivity contribution in [2.24, 2.45) is 0 Å². The van der Waals surface area contributed by atoms with Gasteiger partial charge in [0.05, 0.1) is 28.6 Å². The Kier molecular flexibility index (Phi) is 4.97. The van der Waals surface area contributed by atoms with Gasteiger partial charge in [0.2, 0.25) is 0 Å². The second-order valence-corrected chi connectivity index (χ2v) is 10.9. The monoisotopic (exact) mass is 437 g/mol. The Morgan fingerprint density at radius 2 is 2.07 bits per heavy atom. The van der Waals surface area contributed by atoms with Crippen LogP contribution in [0, 0.1) is 6.92 Å². The first-order chi connectivity index (χ1) is 13.2. The lowest BCUT2D eigenvalue weighted by Crippen LogP contribution is -2.37. The molecule has 1 amide bonds. The third-order valence-corrected chi connectivity index (χ3v) is 8.28. The summed E-state index contributed by atoms with van der Waals surface area (Å²) in [6, 6.07) is 9.22. The van der Waals surface area contributed by atoms with Crippen molar-refractivity contribution < 1.29 is 13.2 Å². The van der Waals surface area contributed by atoms with Gasteiger partial charge in [0, 0.05) is 23.5 Å². The SMILES string of the molecule is Cc1nn(Cc2ccc(Cl)cc2)c2sc(C(=O)N(C)[C@H]3CCS(=O)(=O)C3)cc12. The van der Waals surface area contributed by atoms with Gasteiger partial charge in [-0.15, -0.1) is 11.3 Å². The molecule has 0 N–H and O–H groups in total. The van der Waals surface area contributed by atoms with Gasteiger partial charge in [-0.05, 0) is 37.1 Å². The Morgan fingerprint density at radius 1 is 1.36 bits per heavy atom. The van der Waals surface area contributed by atoms with Crippen LogP contribution >= 0.6 is 22.9 Å². The molecule has 0 radical (unpaired) electrons. The number of halogens is 1. The van der Waals surface area contributed by atoms with Gasteiger partial charge in [-0.2, -0.15) is 5.10 Å². The van der Waals surface area contributed by atoms with Crippen molar-refractivity contribution in [3.63, 3.8) is 0 Å². The number of amides is 1. The van der Waals surface area contributed by atoms with Crippen LogP contribution in [0.1, 0.15) is 27.3 Å². The predicted octanol–water partition coefficient (Wildman–Crippen LogP) is 3.37. The topological polar surface area (TPSA) is 72.3 Å². The molecule has 0 unspecified atom stereocenters. The number of benzene rings is 1. The maximum atomic E-state index is 12.9. The standard InChI is InChI=1S/C19H20ClN3O3S2/c1-12-16-9-17(18(24)22(2)15-7-8-28(25,26)11-15)27-19(16)23(21-12)10-13-3-5-14(20)6-4-13/h3-6,9,15H,7-8,10-11H2,1-2H3/t15-/m0/s1. The van der Waals surface area contributed by atoms with Crippen molar-refractivity contribution in [3.05, 3.63) is 51.5 Å². The summed E-state index contributed by atoms with van der Waals surface area (Å²) in [6.45, 7) is 2.52. The number of thiophene rings is 1. The van der Waals surface area contributed by atoms with Gasteiger partial charge in [0.1, 0.15) is 4.83 Å². The highest BCUT2D eigenvalue weighted by molar-refractivity contribution is 7.91. The molecule has 4 rings (SSSR count). The average Bonchev–Trinajstić information content (AvgIpc) is 3.31. The first-order valence-corrected chi connectivity index (χ1v) is 11.9. The summed E-state index contributed by atoms with van der Waals surface area (Å²) in [6.07, 6.45) is 0.499.